The van der Waals surface area contributed by atoms with Crippen LogP contribution in [0.4, 0.5) is 4.79 Å². The van der Waals surface area contributed by atoms with Crippen molar-refractivity contribution in [1.29, 1.82) is 0 Å². The van der Waals surface area contributed by atoms with E-state index in [1.807, 2.05) is 52.0 Å². The summed E-state index contributed by atoms with van der Waals surface area (Å²) in [5, 5.41) is 14.4. The molecular formula is C28H36N2O5. The first-order valence-electron chi connectivity index (χ1n) is 12.2. The number of carbonyl (C=O) groups excluding carboxylic acids is 2. The molecule has 0 radical (unpaired) electrons. The first-order valence-corrected chi connectivity index (χ1v) is 12.2. The third-order valence-electron chi connectivity index (χ3n) is 6.52. The zero-order valence-corrected chi connectivity index (χ0v) is 21.0. The summed E-state index contributed by atoms with van der Waals surface area (Å²) in [4.78, 5) is 36.4. The highest BCUT2D eigenvalue weighted by molar-refractivity contribution is 5.86. The Morgan fingerprint density at radius 1 is 0.971 bits per heavy atom. The molecule has 2 aromatic rings. The van der Waals surface area contributed by atoms with Gasteiger partial charge in [-0.05, 0) is 46.4 Å². The van der Waals surface area contributed by atoms with E-state index in [0.717, 1.165) is 22.3 Å². The number of rotatable bonds is 10. The van der Waals surface area contributed by atoms with Crippen molar-refractivity contribution in [2.45, 2.75) is 58.9 Å². The minimum Gasteiger partial charge on any atom is -0.481 e. The Bertz CT molecular complexity index is 1010. The molecular weight excluding hydrogens is 444 g/mol. The molecule has 0 bridgehead atoms. The number of carboxylic acid groups (broad SMARTS) is 1. The third kappa shape index (κ3) is 6.84. The zero-order valence-electron chi connectivity index (χ0n) is 21.0. The van der Waals surface area contributed by atoms with Gasteiger partial charge in [-0.15, -0.1) is 0 Å². The first-order chi connectivity index (χ1) is 16.6. The molecule has 2 aromatic carbocycles. The van der Waals surface area contributed by atoms with Gasteiger partial charge in [0.15, 0.2) is 0 Å². The fourth-order valence-electron chi connectivity index (χ4n) is 4.49. The second-order valence-corrected chi connectivity index (χ2v) is 10.4. The highest BCUT2D eigenvalue weighted by Gasteiger charge is 2.34. The van der Waals surface area contributed by atoms with Crippen LogP contribution in [0.1, 0.15) is 64.0 Å². The van der Waals surface area contributed by atoms with E-state index < -0.39 is 23.5 Å². The number of alkyl carbamates (subject to hydrolysis) is 1. The Balaban J connectivity index is 1.57. The summed E-state index contributed by atoms with van der Waals surface area (Å²) in [6.07, 6.45) is 0.715. The smallest absolute Gasteiger partial charge is 0.407 e. The van der Waals surface area contributed by atoms with Gasteiger partial charge in [0.05, 0.1) is 0 Å². The minimum absolute atomic E-state index is 0.0534. The standard InChI is InChI=1S/C28H36N2O5/c1-18(13-14-24(31)32)15-16-29-26(33)25(28(2,3)4)30-27(34)35-17-23-21-11-7-5-9-19(21)20-10-6-8-12-22(20)23/h5-12,18,23,25H,13-17H2,1-4H3,(H,29,33)(H,30,34)(H,31,32). The molecule has 1 aliphatic rings. The van der Waals surface area contributed by atoms with E-state index >= 15 is 0 Å². The molecule has 0 saturated carbocycles. The lowest BCUT2D eigenvalue weighted by Crippen LogP contribution is -2.54. The number of ether oxygens (including phenoxy) is 1. The normalized spacial score (nSPS) is 14.4. The minimum atomic E-state index is -0.819. The van der Waals surface area contributed by atoms with Gasteiger partial charge in [-0.3, -0.25) is 9.59 Å². The molecule has 0 fully saturated rings. The molecule has 2 unspecified atom stereocenters. The van der Waals surface area contributed by atoms with Gasteiger partial charge >= 0.3 is 12.1 Å². The van der Waals surface area contributed by atoms with Crippen LogP contribution in [0.15, 0.2) is 48.5 Å². The third-order valence-corrected chi connectivity index (χ3v) is 6.52. The van der Waals surface area contributed by atoms with Crippen LogP contribution in [0, 0.1) is 11.3 Å². The molecule has 0 spiro atoms. The second-order valence-electron chi connectivity index (χ2n) is 10.4. The van der Waals surface area contributed by atoms with Gasteiger partial charge in [-0.1, -0.05) is 76.2 Å². The zero-order chi connectivity index (χ0) is 25.6. The van der Waals surface area contributed by atoms with Crippen molar-refractivity contribution < 1.29 is 24.2 Å². The Morgan fingerprint density at radius 2 is 1.54 bits per heavy atom. The van der Waals surface area contributed by atoms with Crippen LogP contribution in [0.2, 0.25) is 0 Å². The first kappa shape index (κ1) is 26.3. The average molecular weight is 481 g/mol. The number of nitrogens with one attached hydrogen (secondary N) is 2. The van der Waals surface area contributed by atoms with Gasteiger partial charge in [0.2, 0.25) is 5.91 Å². The van der Waals surface area contributed by atoms with Crippen molar-refractivity contribution in [3.05, 3.63) is 59.7 Å². The highest BCUT2D eigenvalue weighted by atomic mass is 16.5. The van der Waals surface area contributed by atoms with E-state index in [4.69, 9.17) is 9.84 Å². The number of carbonyl (C=O) groups is 3. The van der Waals surface area contributed by atoms with Gasteiger partial charge < -0.3 is 20.5 Å². The molecule has 35 heavy (non-hydrogen) atoms. The number of amides is 2. The Morgan fingerprint density at radius 3 is 2.09 bits per heavy atom. The Hall–Kier alpha value is -3.35. The van der Waals surface area contributed by atoms with Crippen LogP contribution in [-0.4, -0.2) is 42.3 Å². The summed E-state index contributed by atoms with van der Waals surface area (Å²) in [5.41, 5.74) is 4.04. The molecule has 0 saturated heterocycles. The van der Waals surface area contributed by atoms with Crippen molar-refractivity contribution in [1.82, 2.24) is 10.6 Å². The molecule has 188 valence electrons. The Labute approximate surface area is 207 Å². The van der Waals surface area contributed by atoms with Crippen LogP contribution in [0.3, 0.4) is 0 Å². The van der Waals surface area contributed by atoms with Crippen molar-refractivity contribution >= 4 is 18.0 Å². The maximum atomic E-state index is 12.9. The summed E-state index contributed by atoms with van der Waals surface area (Å²) in [6, 6.07) is 15.5. The largest absolute Gasteiger partial charge is 0.481 e. The fourth-order valence-corrected chi connectivity index (χ4v) is 4.49. The highest BCUT2D eigenvalue weighted by Crippen LogP contribution is 2.44. The molecule has 1 aliphatic carbocycles. The molecule has 7 nitrogen and oxygen atoms in total. The summed E-state index contributed by atoms with van der Waals surface area (Å²) >= 11 is 0. The van der Waals surface area contributed by atoms with E-state index in [0.29, 0.717) is 19.4 Å². The molecule has 0 heterocycles. The van der Waals surface area contributed by atoms with Crippen molar-refractivity contribution in [2.75, 3.05) is 13.2 Å². The predicted octanol–water partition coefficient (Wildman–Crippen LogP) is 4.95. The van der Waals surface area contributed by atoms with E-state index in [-0.39, 0.29) is 30.8 Å². The number of hydrogen-bond acceptors (Lipinski definition) is 4. The van der Waals surface area contributed by atoms with Crippen molar-refractivity contribution in [3.63, 3.8) is 0 Å². The summed E-state index contributed by atoms with van der Waals surface area (Å²) in [5.74, 6) is -0.977. The van der Waals surface area contributed by atoms with Gasteiger partial charge in [0.1, 0.15) is 12.6 Å². The van der Waals surface area contributed by atoms with Crippen molar-refractivity contribution in [2.24, 2.45) is 11.3 Å². The topological polar surface area (TPSA) is 105 Å². The van der Waals surface area contributed by atoms with Crippen LogP contribution in [0.5, 0.6) is 0 Å². The second kappa shape index (κ2) is 11.4. The monoisotopic (exact) mass is 480 g/mol. The number of benzene rings is 2. The SMILES string of the molecule is CC(CCNC(=O)C(NC(=O)OCC1c2ccccc2-c2ccccc21)C(C)(C)C)CCC(=O)O. The molecule has 2 atom stereocenters. The lowest BCUT2D eigenvalue weighted by atomic mass is 9.86. The number of aliphatic carboxylic acids is 1. The van der Waals surface area contributed by atoms with E-state index in [9.17, 15) is 14.4 Å². The lowest BCUT2D eigenvalue weighted by Gasteiger charge is -2.30. The number of fused-ring (bicyclic) bond motifs is 3. The number of hydrogen-bond donors (Lipinski definition) is 3. The molecule has 0 aromatic heterocycles. The van der Waals surface area contributed by atoms with E-state index in [1.165, 1.54) is 0 Å². The molecule has 7 heteroatoms. The Kier molecular flexibility index (Phi) is 8.54. The summed E-state index contributed by atoms with van der Waals surface area (Å²) in [7, 11) is 0. The fraction of sp³-hybridized carbons (Fsp3) is 0.464. The van der Waals surface area contributed by atoms with Crippen LogP contribution in [0.25, 0.3) is 11.1 Å². The van der Waals surface area contributed by atoms with Gasteiger partial charge in [-0.2, -0.15) is 0 Å². The van der Waals surface area contributed by atoms with E-state index in [1.54, 1.807) is 0 Å². The van der Waals surface area contributed by atoms with Gasteiger partial charge in [0.25, 0.3) is 0 Å². The molecule has 3 N–H and O–H groups in total. The molecule has 2 amide bonds. The summed E-state index contributed by atoms with van der Waals surface area (Å²) in [6.45, 7) is 8.21. The quantitative estimate of drug-likeness (QED) is 0.446. The van der Waals surface area contributed by atoms with Crippen LogP contribution in [-0.2, 0) is 14.3 Å². The summed E-state index contributed by atoms with van der Waals surface area (Å²) < 4.78 is 5.63. The average Bonchev–Trinajstić information content (AvgIpc) is 3.13. The van der Waals surface area contributed by atoms with Gasteiger partial charge in [0, 0.05) is 18.9 Å². The number of carboxylic acids is 1. The van der Waals surface area contributed by atoms with Gasteiger partial charge in [-0.25, -0.2) is 4.79 Å². The van der Waals surface area contributed by atoms with Crippen molar-refractivity contribution in [3.8, 4) is 11.1 Å². The maximum Gasteiger partial charge on any atom is 0.407 e. The van der Waals surface area contributed by atoms with E-state index in [2.05, 4.69) is 34.9 Å². The maximum absolute atomic E-state index is 12.9. The lowest BCUT2D eigenvalue weighted by molar-refractivity contribution is -0.137. The van der Waals surface area contributed by atoms with Crippen LogP contribution >= 0.6 is 0 Å². The predicted molar refractivity (Wildman–Crippen MR) is 135 cm³/mol. The molecule has 3 rings (SSSR count). The van der Waals surface area contributed by atoms with Crippen LogP contribution < -0.4 is 10.6 Å². The molecule has 0 aliphatic heterocycles.